The van der Waals surface area contributed by atoms with Crippen LogP contribution < -0.4 is 0 Å². The molecule has 0 bridgehead atoms. The van der Waals surface area contributed by atoms with E-state index in [2.05, 4.69) is 29.2 Å². The molecule has 29 heavy (non-hydrogen) atoms. The van der Waals surface area contributed by atoms with Crippen molar-refractivity contribution in [3.05, 3.63) is 101 Å². The van der Waals surface area contributed by atoms with Gasteiger partial charge in [-0.15, -0.1) is 11.3 Å². The van der Waals surface area contributed by atoms with Gasteiger partial charge in [-0.1, -0.05) is 60.3 Å². The van der Waals surface area contributed by atoms with E-state index in [4.69, 9.17) is 4.42 Å². The molecule has 0 saturated heterocycles. The van der Waals surface area contributed by atoms with Crippen LogP contribution in [-0.2, 0) is 0 Å². The van der Waals surface area contributed by atoms with E-state index in [1.165, 1.54) is 16.2 Å². The maximum Gasteiger partial charge on any atom is 0.256 e. The molecule has 0 aliphatic heterocycles. The van der Waals surface area contributed by atoms with Crippen LogP contribution in [0.15, 0.2) is 105 Å². The molecule has 5 rings (SSSR count). The van der Waals surface area contributed by atoms with Crippen LogP contribution >= 0.6 is 23.1 Å². The molecule has 0 aliphatic rings. The summed E-state index contributed by atoms with van der Waals surface area (Å²) in [5, 5.41) is 3.26. The summed E-state index contributed by atoms with van der Waals surface area (Å²) in [6.07, 6.45) is 0. The zero-order chi connectivity index (χ0) is 19.6. The lowest BCUT2D eigenvalue weighted by Gasteiger charge is -2.02. The van der Waals surface area contributed by atoms with Gasteiger partial charge in [0.25, 0.3) is 5.78 Å². The topological polar surface area (TPSA) is 43.1 Å². The van der Waals surface area contributed by atoms with Gasteiger partial charge in [0.2, 0.25) is 0 Å². The van der Waals surface area contributed by atoms with Crippen molar-refractivity contribution in [3.63, 3.8) is 0 Å². The molecule has 0 unspecified atom stereocenters. The number of furan rings is 1. The Labute approximate surface area is 176 Å². The van der Waals surface area contributed by atoms with Gasteiger partial charge in [0.1, 0.15) is 5.58 Å². The average molecular weight is 414 g/mol. The fourth-order valence-electron chi connectivity index (χ4n) is 3.03. The number of hydrogen-bond acceptors (Lipinski definition) is 5. The Kier molecular flexibility index (Phi) is 4.76. The van der Waals surface area contributed by atoms with Crippen LogP contribution in [0.1, 0.15) is 15.6 Å². The Bertz CT molecular complexity index is 1250. The molecule has 2 aromatic heterocycles. The predicted molar refractivity (Wildman–Crippen MR) is 118 cm³/mol. The zero-order valence-corrected chi connectivity index (χ0v) is 16.9. The molecule has 0 fully saturated rings. The Morgan fingerprint density at radius 1 is 0.862 bits per heavy atom. The van der Waals surface area contributed by atoms with Gasteiger partial charge in [0.15, 0.2) is 10.8 Å². The molecule has 0 saturated carbocycles. The van der Waals surface area contributed by atoms with Crippen LogP contribution in [0.25, 0.3) is 22.2 Å². The number of carbonyl (C=O) groups excluding carboxylic acids is 1. The predicted octanol–water partition coefficient (Wildman–Crippen LogP) is 6.94. The maximum atomic E-state index is 12.8. The molecule has 0 spiro atoms. The Balaban J connectivity index is 1.36. The van der Waals surface area contributed by atoms with E-state index in [1.807, 2.05) is 60.0 Å². The van der Waals surface area contributed by atoms with Crippen molar-refractivity contribution in [3.8, 4) is 11.3 Å². The highest BCUT2D eigenvalue weighted by Gasteiger charge is 2.18. The second-order valence-electron chi connectivity index (χ2n) is 6.45. The third kappa shape index (κ3) is 3.75. The molecule has 3 aromatic carbocycles. The minimum absolute atomic E-state index is 0.186. The second kappa shape index (κ2) is 7.70. The number of nitrogens with zero attached hydrogens (tertiary/aromatic N) is 1. The molecule has 5 aromatic rings. The Hall–Kier alpha value is -3.15. The van der Waals surface area contributed by atoms with Crippen molar-refractivity contribution >= 4 is 39.9 Å². The van der Waals surface area contributed by atoms with E-state index in [1.54, 1.807) is 17.8 Å². The first-order valence-corrected chi connectivity index (χ1v) is 10.8. The normalized spacial score (nSPS) is 11.0. The number of ketones is 1. The van der Waals surface area contributed by atoms with Crippen molar-refractivity contribution in [2.24, 2.45) is 0 Å². The van der Waals surface area contributed by atoms with E-state index in [0.29, 0.717) is 16.4 Å². The summed E-state index contributed by atoms with van der Waals surface area (Å²) in [6, 6.07) is 27.9. The van der Waals surface area contributed by atoms with Gasteiger partial charge in [-0.2, -0.15) is 0 Å². The molecule has 0 amide bonds. The van der Waals surface area contributed by atoms with Gasteiger partial charge in [-0.05, 0) is 36.4 Å². The van der Waals surface area contributed by atoms with Crippen molar-refractivity contribution in [2.45, 2.75) is 9.79 Å². The van der Waals surface area contributed by atoms with E-state index >= 15 is 0 Å². The number of rotatable bonds is 5. The van der Waals surface area contributed by atoms with Crippen molar-refractivity contribution in [2.75, 3.05) is 0 Å². The van der Waals surface area contributed by atoms with E-state index in [9.17, 15) is 4.79 Å². The lowest BCUT2D eigenvalue weighted by Crippen LogP contribution is -1.98. The van der Waals surface area contributed by atoms with Crippen LogP contribution in [-0.4, -0.2) is 10.8 Å². The molecule has 140 valence electrons. The minimum Gasteiger partial charge on any atom is -0.452 e. The third-order valence-electron chi connectivity index (χ3n) is 4.48. The Morgan fingerprint density at radius 3 is 2.38 bits per heavy atom. The fourth-order valence-corrected chi connectivity index (χ4v) is 4.64. The number of thiazole rings is 1. The van der Waals surface area contributed by atoms with Crippen LogP contribution in [0.3, 0.4) is 0 Å². The molecule has 3 nitrogen and oxygen atoms in total. The second-order valence-corrected chi connectivity index (χ2v) is 8.46. The lowest BCUT2D eigenvalue weighted by molar-refractivity contribution is 0.101. The first kappa shape index (κ1) is 17.9. The van der Waals surface area contributed by atoms with Crippen LogP contribution in [0.5, 0.6) is 0 Å². The summed E-state index contributed by atoms with van der Waals surface area (Å²) in [5.74, 6) is 0.135. The molecule has 0 aliphatic carbocycles. The van der Waals surface area contributed by atoms with E-state index < -0.39 is 0 Å². The molecule has 0 N–H and O–H groups in total. The van der Waals surface area contributed by atoms with Crippen molar-refractivity contribution in [1.29, 1.82) is 0 Å². The molecule has 5 heteroatoms. The number of fused-ring (bicyclic) bond motifs is 1. The maximum absolute atomic E-state index is 12.8. The first-order valence-electron chi connectivity index (χ1n) is 9.08. The monoisotopic (exact) mass is 413 g/mol. The third-order valence-corrected chi connectivity index (χ3v) is 6.33. The van der Waals surface area contributed by atoms with Gasteiger partial charge in [-0.25, -0.2) is 4.98 Å². The summed E-state index contributed by atoms with van der Waals surface area (Å²) in [4.78, 5) is 19.7. The molecular weight excluding hydrogens is 398 g/mol. The number of carbonyl (C=O) groups is 1. The number of para-hydroxylation sites is 1. The van der Waals surface area contributed by atoms with Gasteiger partial charge < -0.3 is 4.42 Å². The average Bonchev–Trinajstić information content (AvgIpc) is 3.42. The summed E-state index contributed by atoms with van der Waals surface area (Å²) >= 11 is 3.05. The van der Waals surface area contributed by atoms with Crippen molar-refractivity contribution < 1.29 is 9.21 Å². The van der Waals surface area contributed by atoms with Crippen LogP contribution in [0.2, 0.25) is 0 Å². The zero-order valence-electron chi connectivity index (χ0n) is 15.2. The Morgan fingerprint density at radius 2 is 1.59 bits per heavy atom. The summed E-state index contributed by atoms with van der Waals surface area (Å²) in [7, 11) is 0. The smallest absolute Gasteiger partial charge is 0.256 e. The van der Waals surface area contributed by atoms with Gasteiger partial charge in [0.05, 0.1) is 5.69 Å². The molecule has 2 heterocycles. The highest BCUT2D eigenvalue weighted by Crippen LogP contribution is 2.30. The van der Waals surface area contributed by atoms with Crippen LogP contribution in [0.4, 0.5) is 0 Å². The standard InChI is InChI=1S/C24H15NO2S2/c26-23(22-14-17-6-4-5-9-21(17)27-22)24-25-20(15-28-24)16-10-12-19(13-11-16)29-18-7-2-1-3-8-18/h1-15H. The van der Waals surface area contributed by atoms with E-state index in [0.717, 1.165) is 21.5 Å². The highest BCUT2D eigenvalue weighted by atomic mass is 32.2. The summed E-state index contributed by atoms with van der Waals surface area (Å²) in [5.41, 5.74) is 2.49. The number of aromatic nitrogens is 1. The molecule has 0 radical (unpaired) electrons. The van der Waals surface area contributed by atoms with Gasteiger partial charge in [-0.3, -0.25) is 4.79 Å². The summed E-state index contributed by atoms with van der Waals surface area (Å²) in [6.45, 7) is 0. The summed E-state index contributed by atoms with van der Waals surface area (Å²) < 4.78 is 5.69. The van der Waals surface area contributed by atoms with E-state index in [-0.39, 0.29) is 5.78 Å². The largest absolute Gasteiger partial charge is 0.452 e. The van der Waals surface area contributed by atoms with Gasteiger partial charge in [0, 0.05) is 26.1 Å². The number of benzene rings is 3. The fraction of sp³-hybridized carbons (Fsp3) is 0. The number of hydrogen-bond donors (Lipinski definition) is 0. The molecule has 0 atom stereocenters. The van der Waals surface area contributed by atoms with Crippen molar-refractivity contribution in [1.82, 2.24) is 4.98 Å². The minimum atomic E-state index is -0.186. The lowest BCUT2D eigenvalue weighted by atomic mass is 10.2. The highest BCUT2D eigenvalue weighted by molar-refractivity contribution is 7.99. The molecular formula is C24H15NO2S2. The quantitative estimate of drug-likeness (QED) is 0.293. The first-order chi connectivity index (χ1) is 14.3. The van der Waals surface area contributed by atoms with Crippen LogP contribution in [0, 0.1) is 0 Å². The SMILES string of the molecule is O=C(c1cc2ccccc2o1)c1nc(-c2ccc(Sc3ccccc3)cc2)cs1. The van der Waals surface area contributed by atoms with Gasteiger partial charge >= 0.3 is 0 Å².